The highest BCUT2D eigenvalue weighted by Gasteiger charge is 2.39. The van der Waals surface area contributed by atoms with Crippen molar-refractivity contribution in [1.82, 2.24) is 9.80 Å². The molecule has 0 spiro atoms. The van der Waals surface area contributed by atoms with Crippen LogP contribution in [-0.4, -0.2) is 47.4 Å². The first kappa shape index (κ1) is 22.2. The van der Waals surface area contributed by atoms with Gasteiger partial charge in [0.2, 0.25) is 5.91 Å². The summed E-state index contributed by atoms with van der Waals surface area (Å²) in [4.78, 5) is 17.2. The minimum absolute atomic E-state index is 0. The smallest absolute Gasteiger partial charge is 0.242 e. The molecule has 3 rings (SSSR count). The zero-order valence-corrected chi connectivity index (χ0v) is 16.7. The van der Waals surface area contributed by atoms with Crippen LogP contribution in [0.5, 0.6) is 0 Å². The van der Waals surface area contributed by atoms with Crippen molar-refractivity contribution in [3.05, 3.63) is 35.4 Å². The molecule has 1 aliphatic heterocycles. The van der Waals surface area contributed by atoms with Crippen LogP contribution < -0.4 is 5.73 Å². The molecular formula is C19H31Cl2N3O. The molecule has 0 atom stereocenters. The zero-order chi connectivity index (χ0) is 16.3. The van der Waals surface area contributed by atoms with Gasteiger partial charge in [-0.25, -0.2) is 0 Å². The molecular weight excluding hydrogens is 357 g/mol. The predicted octanol–water partition coefficient (Wildman–Crippen LogP) is 3.14. The highest BCUT2D eigenvalue weighted by molar-refractivity contribution is 5.86. The predicted molar refractivity (Wildman–Crippen MR) is 108 cm³/mol. The first-order valence-electron chi connectivity index (χ1n) is 8.94. The molecule has 2 fully saturated rings. The zero-order valence-electron chi connectivity index (χ0n) is 15.1. The van der Waals surface area contributed by atoms with Gasteiger partial charge in [-0.15, -0.1) is 24.8 Å². The summed E-state index contributed by atoms with van der Waals surface area (Å²) < 4.78 is 0. The van der Waals surface area contributed by atoms with Crippen LogP contribution in [0.25, 0.3) is 0 Å². The summed E-state index contributed by atoms with van der Waals surface area (Å²) in [7, 11) is 0. The molecule has 1 heterocycles. The topological polar surface area (TPSA) is 49.6 Å². The maximum Gasteiger partial charge on any atom is 0.242 e. The second-order valence-corrected chi connectivity index (χ2v) is 7.21. The van der Waals surface area contributed by atoms with E-state index in [1.807, 2.05) is 4.90 Å². The quantitative estimate of drug-likeness (QED) is 0.866. The number of nitrogens with zero attached hydrogens (tertiary/aromatic N) is 2. The lowest BCUT2D eigenvalue weighted by molar-refractivity contribution is -0.140. The van der Waals surface area contributed by atoms with Crippen molar-refractivity contribution in [3.8, 4) is 0 Å². The standard InChI is InChI=1S/C19H29N3O.2ClH/c1-16-7-3-4-8-17(16)15-21-11-13-22(14-12-21)18(23)19(20)9-5-2-6-10-19;;/h3-4,7-8H,2,5-6,9-15,20H2,1H3;2*1H. The number of amides is 1. The van der Waals surface area contributed by atoms with E-state index in [2.05, 4.69) is 36.1 Å². The van der Waals surface area contributed by atoms with Crippen LogP contribution >= 0.6 is 24.8 Å². The number of aryl methyl sites for hydroxylation is 1. The molecule has 142 valence electrons. The van der Waals surface area contributed by atoms with Gasteiger partial charge in [0.25, 0.3) is 0 Å². The SMILES string of the molecule is Cc1ccccc1CN1CCN(C(=O)C2(N)CCCCC2)CC1.Cl.Cl. The molecule has 6 heteroatoms. The van der Waals surface area contributed by atoms with Crippen molar-refractivity contribution in [3.63, 3.8) is 0 Å². The van der Waals surface area contributed by atoms with Gasteiger partial charge in [0.1, 0.15) is 0 Å². The van der Waals surface area contributed by atoms with E-state index in [4.69, 9.17) is 5.73 Å². The van der Waals surface area contributed by atoms with Gasteiger partial charge in [0.15, 0.2) is 0 Å². The molecule has 0 aromatic heterocycles. The van der Waals surface area contributed by atoms with Crippen molar-refractivity contribution >= 4 is 30.7 Å². The molecule has 0 unspecified atom stereocenters. The first-order valence-corrected chi connectivity index (χ1v) is 8.94. The van der Waals surface area contributed by atoms with Crippen molar-refractivity contribution in [1.29, 1.82) is 0 Å². The average Bonchev–Trinajstić information content (AvgIpc) is 2.58. The van der Waals surface area contributed by atoms with Gasteiger partial charge in [-0.1, -0.05) is 43.5 Å². The van der Waals surface area contributed by atoms with Crippen LogP contribution in [0.3, 0.4) is 0 Å². The van der Waals surface area contributed by atoms with Gasteiger partial charge in [0.05, 0.1) is 5.54 Å². The number of rotatable bonds is 3. The second kappa shape index (κ2) is 9.77. The molecule has 0 bridgehead atoms. The fraction of sp³-hybridized carbons (Fsp3) is 0.632. The van der Waals surface area contributed by atoms with E-state index < -0.39 is 5.54 Å². The molecule has 1 aromatic rings. The van der Waals surface area contributed by atoms with Crippen molar-refractivity contribution in [2.75, 3.05) is 26.2 Å². The third kappa shape index (κ3) is 5.33. The monoisotopic (exact) mass is 387 g/mol. The summed E-state index contributed by atoms with van der Waals surface area (Å²) in [6.07, 6.45) is 5.12. The molecule has 1 saturated heterocycles. The Morgan fingerprint density at radius 2 is 1.64 bits per heavy atom. The molecule has 4 nitrogen and oxygen atoms in total. The number of carbonyl (C=O) groups excluding carboxylic acids is 1. The Bertz CT molecular complexity index is 553. The lowest BCUT2D eigenvalue weighted by Gasteiger charge is -2.41. The molecule has 1 saturated carbocycles. The van der Waals surface area contributed by atoms with Crippen LogP contribution in [0.4, 0.5) is 0 Å². The number of benzene rings is 1. The van der Waals surface area contributed by atoms with E-state index in [0.717, 1.165) is 58.4 Å². The largest absolute Gasteiger partial charge is 0.339 e. The van der Waals surface area contributed by atoms with Gasteiger partial charge >= 0.3 is 0 Å². The van der Waals surface area contributed by atoms with Crippen LogP contribution in [0.15, 0.2) is 24.3 Å². The normalized spacial score (nSPS) is 20.3. The molecule has 2 N–H and O–H groups in total. The maximum absolute atomic E-state index is 12.8. The lowest BCUT2D eigenvalue weighted by atomic mass is 9.81. The Balaban J connectivity index is 0.00000156. The van der Waals surface area contributed by atoms with E-state index in [9.17, 15) is 4.79 Å². The first-order chi connectivity index (χ1) is 11.1. The third-order valence-electron chi connectivity index (χ3n) is 5.49. The minimum Gasteiger partial charge on any atom is -0.339 e. The van der Waals surface area contributed by atoms with Crippen LogP contribution in [0.2, 0.25) is 0 Å². The van der Waals surface area contributed by atoms with Crippen LogP contribution in [0, 0.1) is 6.92 Å². The third-order valence-corrected chi connectivity index (χ3v) is 5.49. The highest BCUT2D eigenvalue weighted by atomic mass is 35.5. The van der Waals surface area contributed by atoms with Gasteiger partial charge < -0.3 is 10.6 Å². The summed E-state index contributed by atoms with van der Waals surface area (Å²) >= 11 is 0. The van der Waals surface area contributed by atoms with Gasteiger partial charge in [-0.2, -0.15) is 0 Å². The summed E-state index contributed by atoms with van der Waals surface area (Å²) in [5.41, 5.74) is 8.55. The van der Waals surface area contributed by atoms with Crippen LogP contribution in [0.1, 0.15) is 43.2 Å². The molecule has 25 heavy (non-hydrogen) atoms. The fourth-order valence-electron chi connectivity index (χ4n) is 3.85. The lowest BCUT2D eigenvalue weighted by Crippen LogP contribution is -2.60. The second-order valence-electron chi connectivity index (χ2n) is 7.21. The Hall–Kier alpha value is -0.810. The van der Waals surface area contributed by atoms with E-state index in [-0.39, 0.29) is 30.7 Å². The summed E-state index contributed by atoms with van der Waals surface area (Å²) in [5.74, 6) is 0.188. The Morgan fingerprint density at radius 1 is 1.04 bits per heavy atom. The molecule has 1 aromatic carbocycles. The summed E-state index contributed by atoms with van der Waals surface area (Å²) in [6.45, 7) is 6.64. The molecule has 2 aliphatic rings. The summed E-state index contributed by atoms with van der Waals surface area (Å²) in [5, 5.41) is 0. The van der Waals surface area contributed by atoms with Gasteiger partial charge in [-0.3, -0.25) is 9.69 Å². The number of carbonyl (C=O) groups is 1. The van der Waals surface area contributed by atoms with E-state index in [0.29, 0.717) is 0 Å². The van der Waals surface area contributed by atoms with Crippen molar-refractivity contribution in [2.24, 2.45) is 5.73 Å². The van der Waals surface area contributed by atoms with Crippen molar-refractivity contribution in [2.45, 2.75) is 51.1 Å². The van der Waals surface area contributed by atoms with Crippen molar-refractivity contribution < 1.29 is 4.79 Å². The van der Waals surface area contributed by atoms with Gasteiger partial charge in [0, 0.05) is 32.7 Å². The van der Waals surface area contributed by atoms with E-state index >= 15 is 0 Å². The molecule has 0 radical (unpaired) electrons. The number of hydrogen-bond acceptors (Lipinski definition) is 3. The Morgan fingerprint density at radius 3 is 2.24 bits per heavy atom. The highest BCUT2D eigenvalue weighted by Crippen LogP contribution is 2.28. The number of nitrogens with two attached hydrogens (primary N) is 1. The van der Waals surface area contributed by atoms with E-state index in [1.54, 1.807) is 0 Å². The average molecular weight is 388 g/mol. The number of piperazine rings is 1. The Kier molecular flexibility index (Phi) is 8.69. The Labute approximate surface area is 163 Å². The molecule has 1 aliphatic carbocycles. The van der Waals surface area contributed by atoms with E-state index in [1.165, 1.54) is 17.5 Å². The number of halogens is 2. The minimum atomic E-state index is -0.587. The molecule has 1 amide bonds. The number of hydrogen-bond donors (Lipinski definition) is 1. The fourth-order valence-corrected chi connectivity index (χ4v) is 3.85. The maximum atomic E-state index is 12.8. The van der Waals surface area contributed by atoms with Gasteiger partial charge in [-0.05, 0) is 30.9 Å². The van der Waals surface area contributed by atoms with Crippen LogP contribution in [-0.2, 0) is 11.3 Å². The summed E-state index contributed by atoms with van der Waals surface area (Å²) in [6, 6.07) is 8.55.